The third-order valence-corrected chi connectivity index (χ3v) is 4.15. The lowest BCUT2D eigenvalue weighted by molar-refractivity contribution is -0.124. The van der Waals surface area contributed by atoms with Crippen LogP contribution in [0.15, 0.2) is 48.5 Å². The molecule has 0 fully saturated rings. The van der Waals surface area contributed by atoms with E-state index in [1.54, 1.807) is 0 Å². The first-order chi connectivity index (χ1) is 10.1. The molecule has 0 unspecified atom stereocenters. The predicted octanol–water partition coefficient (Wildman–Crippen LogP) is 3.23. The fourth-order valence-corrected chi connectivity index (χ4v) is 3.12. The maximum Gasteiger partial charge on any atom is 0.228 e. The van der Waals surface area contributed by atoms with Gasteiger partial charge in [0.05, 0.1) is 12.0 Å². The highest BCUT2D eigenvalue weighted by Gasteiger charge is 2.35. The highest BCUT2D eigenvalue weighted by molar-refractivity contribution is 5.87. The molecule has 2 aromatic rings. The van der Waals surface area contributed by atoms with Crippen molar-refractivity contribution < 1.29 is 4.79 Å². The Hall–Kier alpha value is -2.29. The molecule has 0 saturated carbocycles. The van der Waals surface area contributed by atoms with Crippen LogP contribution in [0.5, 0.6) is 0 Å². The molecule has 0 aliphatic carbocycles. The van der Waals surface area contributed by atoms with Crippen molar-refractivity contribution in [3.8, 4) is 0 Å². The van der Waals surface area contributed by atoms with Gasteiger partial charge >= 0.3 is 0 Å². The Labute approximate surface area is 125 Å². The van der Waals surface area contributed by atoms with Gasteiger partial charge in [0.1, 0.15) is 0 Å². The normalized spacial score (nSPS) is 21.0. The minimum atomic E-state index is -0.0932. The average Bonchev–Trinajstić information content (AvgIpc) is 2.47. The van der Waals surface area contributed by atoms with Crippen molar-refractivity contribution >= 4 is 11.6 Å². The van der Waals surface area contributed by atoms with Crippen molar-refractivity contribution in [2.24, 2.45) is 5.92 Å². The van der Waals surface area contributed by atoms with Gasteiger partial charge in [-0.1, -0.05) is 50.2 Å². The lowest BCUT2D eigenvalue weighted by Gasteiger charge is -2.34. The molecule has 1 amide bonds. The Bertz CT molecular complexity index is 661. The highest BCUT2D eigenvalue weighted by atomic mass is 16.2. The fourth-order valence-electron chi connectivity index (χ4n) is 3.12. The molecule has 2 atom stereocenters. The zero-order valence-corrected chi connectivity index (χ0v) is 12.3. The molecular weight excluding hydrogens is 260 g/mol. The second-order valence-electron chi connectivity index (χ2n) is 5.96. The molecule has 0 radical (unpaired) electrons. The number of hydrogen-bond acceptors (Lipinski definition) is 2. The van der Waals surface area contributed by atoms with Crippen LogP contribution >= 0.6 is 0 Å². The van der Waals surface area contributed by atoms with E-state index in [1.165, 1.54) is 5.56 Å². The van der Waals surface area contributed by atoms with Gasteiger partial charge in [-0.15, -0.1) is 0 Å². The van der Waals surface area contributed by atoms with Gasteiger partial charge in [-0.3, -0.25) is 4.79 Å². The monoisotopic (exact) mass is 280 g/mol. The van der Waals surface area contributed by atoms with Gasteiger partial charge < -0.3 is 11.1 Å². The van der Waals surface area contributed by atoms with Crippen LogP contribution in [-0.2, 0) is 4.79 Å². The molecule has 1 heterocycles. The predicted molar refractivity (Wildman–Crippen MR) is 84.9 cm³/mol. The van der Waals surface area contributed by atoms with Crippen LogP contribution in [0.3, 0.4) is 0 Å². The number of nitrogens with one attached hydrogen (secondary N) is 1. The number of carbonyl (C=O) groups excluding carboxylic acids is 1. The van der Waals surface area contributed by atoms with Crippen LogP contribution in [0.2, 0.25) is 0 Å². The molecule has 2 aromatic carbocycles. The molecule has 3 rings (SSSR count). The van der Waals surface area contributed by atoms with Crippen LogP contribution in [0.25, 0.3) is 0 Å². The molecule has 1 aliphatic rings. The Morgan fingerprint density at radius 1 is 1.00 bits per heavy atom. The zero-order valence-electron chi connectivity index (χ0n) is 12.3. The second kappa shape index (κ2) is 5.24. The Morgan fingerprint density at radius 2 is 1.62 bits per heavy atom. The van der Waals surface area contributed by atoms with Crippen molar-refractivity contribution in [1.29, 1.82) is 0 Å². The van der Waals surface area contributed by atoms with E-state index in [4.69, 9.17) is 5.73 Å². The second-order valence-corrected chi connectivity index (χ2v) is 5.96. The number of amides is 1. The summed E-state index contributed by atoms with van der Waals surface area (Å²) in [5.74, 6) is 0.301. The minimum Gasteiger partial charge on any atom is -0.399 e. The molecular formula is C18H20N2O. The van der Waals surface area contributed by atoms with Crippen LogP contribution in [-0.4, -0.2) is 5.91 Å². The van der Waals surface area contributed by atoms with Crippen molar-refractivity contribution in [2.75, 3.05) is 5.73 Å². The summed E-state index contributed by atoms with van der Waals surface area (Å²) in [6, 6.07) is 15.8. The van der Waals surface area contributed by atoms with Crippen molar-refractivity contribution in [1.82, 2.24) is 5.32 Å². The Morgan fingerprint density at radius 3 is 2.24 bits per heavy atom. The SMILES string of the molecule is CC(C)[C@H]1C(=O)N[C@@H](c2ccc(N)cc2)c2ccccc21. The van der Waals surface area contributed by atoms with E-state index in [0.717, 1.165) is 16.8 Å². The van der Waals surface area contributed by atoms with Gasteiger partial charge in [-0.05, 0) is 34.7 Å². The molecule has 3 N–H and O–H groups in total. The number of carbonyl (C=O) groups is 1. The lowest BCUT2D eigenvalue weighted by Crippen LogP contribution is -2.40. The zero-order chi connectivity index (χ0) is 15.0. The summed E-state index contributed by atoms with van der Waals surface area (Å²) in [5.41, 5.74) is 9.86. The molecule has 3 nitrogen and oxygen atoms in total. The van der Waals surface area contributed by atoms with Gasteiger partial charge in [-0.2, -0.15) is 0 Å². The van der Waals surface area contributed by atoms with Gasteiger partial charge in [0.25, 0.3) is 0 Å². The summed E-state index contributed by atoms with van der Waals surface area (Å²) < 4.78 is 0. The molecule has 1 aliphatic heterocycles. The van der Waals surface area contributed by atoms with E-state index in [-0.39, 0.29) is 23.8 Å². The first-order valence-electron chi connectivity index (χ1n) is 7.32. The van der Waals surface area contributed by atoms with E-state index < -0.39 is 0 Å². The van der Waals surface area contributed by atoms with Crippen LogP contribution in [0.4, 0.5) is 5.69 Å². The first kappa shape index (κ1) is 13.7. The molecule has 0 aromatic heterocycles. The highest BCUT2D eigenvalue weighted by Crippen LogP contribution is 2.37. The fraction of sp³-hybridized carbons (Fsp3) is 0.278. The summed E-state index contributed by atoms with van der Waals surface area (Å²) in [5, 5.41) is 3.16. The molecule has 21 heavy (non-hydrogen) atoms. The van der Waals surface area contributed by atoms with Gasteiger partial charge in [0.2, 0.25) is 5.91 Å². The van der Waals surface area contributed by atoms with Crippen molar-refractivity contribution in [2.45, 2.75) is 25.8 Å². The topological polar surface area (TPSA) is 55.1 Å². The van der Waals surface area contributed by atoms with Crippen LogP contribution < -0.4 is 11.1 Å². The summed E-state index contributed by atoms with van der Waals surface area (Å²) in [4.78, 5) is 12.5. The third-order valence-electron chi connectivity index (χ3n) is 4.15. The van der Waals surface area contributed by atoms with Crippen LogP contribution in [0, 0.1) is 5.92 Å². The van der Waals surface area contributed by atoms with E-state index >= 15 is 0 Å². The number of nitrogens with two attached hydrogens (primary N) is 1. The largest absolute Gasteiger partial charge is 0.399 e. The number of anilines is 1. The number of rotatable bonds is 2. The van der Waals surface area contributed by atoms with Gasteiger partial charge in [-0.25, -0.2) is 0 Å². The summed E-state index contributed by atoms with van der Waals surface area (Å²) in [6.07, 6.45) is 0. The maximum atomic E-state index is 12.5. The summed E-state index contributed by atoms with van der Waals surface area (Å²) in [6.45, 7) is 4.18. The van der Waals surface area contributed by atoms with Crippen molar-refractivity contribution in [3.63, 3.8) is 0 Å². The quantitative estimate of drug-likeness (QED) is 0.830. The molecule has 0 bridgehead atoms. The average molecular weight is 280 g/mol. The number of nitrogen functional groups attached to an aromatic ring is 1. The molecule has 108 valence electrons. The van der Waals surface area contributed by atoms with E-state index in [0.29, 0.717) is 0 Å². The van der Waals surface area contributed by atoms with Crippen LogP contribution in [0.1, 0.15) is 42.5 Å². The Balaban J connectivity index is 2.09. The summed E-state index contributed by atoms with van der Waals surface area (Å²) >= 11 is 0. The van der Waals surface area contributed by atoms with Crippen molar-refractivity contribution in [3.05, 3.63) is 65.2 Å². The lowest BCUT2D eigenvalue weighted by atomic mass is 9.78. The maximum absolute atomic E-state index is 12.5. The van der Waals surface area contributed by atoms with E-state index in [1.807, 2.05) is 36.4 Å². The minimum absolute atomic E-state index is 0.0776. The van der Waals surface area contributed by atoms with E-state index in [9.17, 15) is 4.79 Å². The Kier molecular flexibility index (Phi) is 3.42. The molecule has 0 spiro atoms. The number of benzene rings is 2. The number of fused-ring (bicyclic) bond motifs is 1. The van der Waals surface area contributed by atoms with Gasteiger partial charge in [0.15, 0.2) is 0 Å². The molecule has 0 saturated heterocycles. The number of hydrogen-bond donors (Lipinski definition) is 2. The van der Waals surface area contributed by atoms with E-state index in [2.05, 4.69) is 31.3 Å². The smallest absolute Gasteiger partial charge is 0.228 e. The van der Waals surface area contributed by atoms with Gasteiger partial charge in [0, 0.05) is 5.69 Å². The molecule has 3 heteroatoms. The standard InChI is InChI=1S/C18H20N2O/c1-11(2)16-14-5-3-4-6-15(14)17(20-18(16)21)12-7-9-13(19)10-8-12/h3-11,16-17H,19H2,1-2H3,(H,20,21)/t16-,17+/m1/s1. The first-order valence-corrected chi connectivity index (χ1v) is 7.32. The summed E-state index contributed by atoms with van der Waals surface area (Å²) in [7, 11) is 0. The third kappa shape index (κ3) is 2.40.